The number of aliphatic imine (C=N–C) groups is 1. The molecule has 1 saturated carbocycles. The summed E-state index contributed by atoms with van der Waals surface area (Å²) in [5, 5.41) is 19.6. The Bertz CT molecular complexity index is 1720. The Labute approximate surface area is 250 Å². The molecule has 0 bridgehead atoms. The van der Waals surface area contributed by atoms with Gasteiger partial charge < -0.3 is 25.1 Å². The quantitative estimate of drug-likeness (QED) is 0.238. The number of aliphatic hydroxyl groups excluding tert-OH is 1. The van der Waals surface area contributed by atoms with Crippen LogP contribution in [0, 0.1) is 5.41 Å². The number of anilines is 1. The molecule has 9 heteroatoms. The molecule has 1 atom stereocenters. The molecule has 7 rings (SSSR count). The summed E-state index contributed by atoms with van der Waals surface area (Å²) in [5.74, 6) is 0.783. The number of carbonyl (C=O) groups excluding carboxylic acids is 1. The second-order valence-corrected chi connectivity index (χ2v) is 11.6. The van der Waals surface area contributed by atoms with Crippen molar-refractivity contribution in [1.82, 2.24) is 14.9 Å². The van der Waals surface area contributed by atoms with Crippen molar-refractivity contribution in [2.24, 2.45) is 4.99 Å². The van der Waals surface area contributed by atoms with Crippen LogP contribution >= 0.6 is 0 Å². The fraction of sp³-hybridized carbons (Fsp3) is 0.353. The predicted octanol–water partition coefficient (Wildman–Crippen LogP) is 5.15. The molecule has 3 aliphatic rings. The number of carbonyl (C=O) groups is 1. The van der Waals surface area contributed by atoms with Crippen LogP contribution in [0.4, 0.5) is 5.69 Å². The summed E-state index contributed by atoms with van der Waals surface area (Å²) in [5.41, 5.74) is 6.36. The number of pyridine rings is 1. The van der Waals surface area contributed by atoms with E-state index in [9.17, 15) is 9.90 Å². The van der Waals surface area contributed by atoms with Gasteiger partial charge >= 0.3 is 0 Å². The van der Waals surface area contributed by atoms with Crippen molar-refractivity contribution >= 4 is 35.1 Å². The monoisotopic (exact) mass is 576 g/mol. The van der Waals surface area contributed by atoms with Gasteiger partial charge in [-0.3, -0.25) is 14.7 Å². The van der Waals surface area contributed by atoms with Crippen molar-refractivity contribution in [3.05, 3.63) is 77.1 Å². The topological polar surface area (TPSA) is 118 Å². The van der Waals surface area contributed by atoms with E-state index in [1.54, 1.807) is 11.1 Å². The maximum Gasteiger partial charge on any atom is 0.262 e. The van der Waals surface area contributed by atoms with Crippen molar-refractivity contribution in [3.63, 3.8) is 0 Å². The minimum atomic E-state index is -0.295. The number of amides is 1. The molecule has 4 aromatic rings. The number of aliphatic hydroxyl groups is 1. The molecule has 1 unspecified atom stereocenters. The van der Waals surface area contributed by atoms with Crippen molar-refractivity contribution in [3.8, 4) is 16.9 Å². The van der Waals surface area contributed by atoms with E-state index < -0.39 is 0 Å². The molecule has 1 saturated heterocycles. The van der Waals surface area contributed by atoms with Gasteiger partial charge in [0.05, 0.1) is 36.4 Å². The number of likely N-dealkylation sites (tertiary alicyclic amines) is 1. The summed E-state index contributed by atoms with van der Waals surface area (Å²) < 4.78 is 6.06. The van der Waals surface area contributed by atoms with E-state index in [0.717, 1.165) is 41.8 Å². The van der Waals surface area contributed by atoms with Gasteiger partial charge in [0.1, 0.15) is 18.0 Å². The van der Waals surface area contributed by atoms with Gasteiger partial charge in [0.15, 0.2) is 0 Å². The van der Waals surface area contributed by atoms with Crippen LogP contribution in [0.3, 0.4) is 0 Å². The summed E-state index contributed by atoms with van der Waals surface area (Å²) in [6.07, 6.45) is 7.36. The minimum Gasteiger partial charge on any atom is -0.491 e. The molecule has 2 fully saturated rings. The smallest absolute Gasteiger partial charge is 0.262 e. The first-order valence-electron chi connectivity index (χ1n) is 15.1. The number of aromatic nitrogens is 2. The summed E-state index contributed by atoms with van der Waals surface area (Å²) in [7, 11) is 0. The number of benzene rings is 2. The van der Waals surface area contributed by atoms with Gasteiger partial charge in [-0.05, 0) is 72.3 Å². The predicted molar refractivity (Wildman–Crippen MR) is 169 cm³/mol. The molecular formula is C34H36N6O3. The molecule has 0 spiro atoms. The number of H-pyrrole nitrogens is 1. The average Bonchev–Trinajstić information content (AvgIpc) is 3.80. The first-order valence-corrected chi connectivity index (χ1v) is 15.1. The number of hydrogen-bond acceptors (Lipinski definition) is 7. The van der Waals surface area contributed by atoms with E-state index in [-0.39, 0.29) is 24.5 Å². The second kappa shape index (κ2) is 11.4. The van der Waals surface area contributed by atoms with Crippen LogP contribution in [0.5, 0.6) is 5.75 Å². The fourth-order valence-corrected chi connectivity index (χ4v) is 6.26. The minimum absolute atomic E-state index is 0.132. The Kier molecular flexibility index (Phi) is 7.28. The Morgan fingerprint density at radius 2 is 2.02 bits per heavy atom. The maximum absolute atomic E-state index is 13.9. The van der Waals surface area contributed by atoms with Crippen LogP contribution in [0.15, 0.2) is 59.7 Å². The van der Waals surface area contributed by atoms with E-state index in [2.05, 4.69) is 21.8 Å². The van der Waals surface area contributed by atoms with E-state index in [1.165, 1.54) is 24.6 Å². The Morgan fingerprint density at radius 3 is 2.79 bits per heavy atom. The van der Waals surface area contributed by atoms with Crippen molar-refractivity contribution < 1.29 is 14.6 Å². The fourth-order valence-electron chi connectivity index (χ4n) is 6.26. The van der Waals surface area contributed by atoms with E-state index in [1.807, 2.05) is 54.7 Å². The van der Waals surface area contributed by atoms with Gasteiger partial charge in [0.2, 0.25) is 0 Å². The van der Waals surface area contributed by atoms with Crippen molar-refractivity contribution in [1.29, 1.82) is 5.41 Å². The molecular weight excluding hydrogens is 540 g/mol. The lowest BCUT2D eigenvalue weighted by Crippen LogP contribution is -2.49. The van der Waals surface area contributed by atoms with Crippen LogP contribution in [-0.4, -0.2) is 77.1 Å². The molecule has 9 nitrogen and oxygen atoms in total. The summed E-state index contributed by atoms with van der Waals surface area (Å²) in [6.45, 7) is 5.59. The summed E-state index contributed by atoms with van der Waals surface area (Å²) in [4.78, 5) is 30.6. The first kappa shape index (κ1) is 27.5. The average molecular weight is 577 g/mol. The van der Waals surface area contributed by atoms with Crippen LogP contribution < -0.4 is 9.64 Å². The van der Waals surface area contributed by atoms with E-state index in [0.29, 0.717) is 47.3 Å². The molecule has 2 aromatic carbocycles. The molecule has 1 aliphatic carbocycles. The molecule has 4 heterocycles. The zero-order chi connectivity index (χ0) is 29.5. The van der Waals surface area contributed by atoms with Crippen molar-refractivity contribution in [2.75, 3.05) is 37.7 Å². The molecule has 2 aliphatic heterocycles. The highest BCUT2D eigenvalue weighted by molar-refractivity contribution is 6.09. The first-order chi connectivity index (χ1) is 21.1. The van der Waals surface area contributed by atoms with Crippen LogP contribution in [0.1, 0.15) is 58.8 Å². The van der Waals surface area contributed by atoms with Gasteiger partial charge in [-0.15, -0.1) is 0 Å². The highest BCUT2D eigenvalue weighted by Crippen LogP contribution is 2.43. The molecule has 0 radical (unpaired) electrons. The van der Waals surface area contributed by atoms with Crippen molar-refractivity contribution in [2.45, 2.75) is 44.2 Å². The highest BCUT2D eigenvalue weighted by atomic mass is 16.5. The van der Waals surface area contributed by atoms with E-state index >= 15 is 0 Å². The maximum atomic E-state index is 13.9. The highest BCUT2D eigenvalue weighted by Gasteiger charge is 2.30. The molecule has 220 valence electrons. The number of aromatic amines is 1. The Morgan fingerprint density at radius 1 is 1.16 bits per heavy atom. The number of fused-ring (bicyclic) bond motifs is 2. The third-order valence-corrected chi connectivity index (χ3v) is 8.93. The SMILES string of the molecule is CCN1CC(N=CC(C=N)c2cc3c(-c4cccc(N5CCOc6cc(C7CC7)ccc6C5=O)c4CO)ccnc3[nH]2)C1. The van der Waals surface area contributed by atoms with Gasteiger partial charge in [-0.2, -0.15) is 0 Å². The number of ether oxygens (including phenoxy) is 1. The van der Waals surface area contributed by atoms with Gasteiger partial charge in [-0.25, -0.2) is 4.98 Å². The summed E-state index contributed by atoms with van der Waals surface area (Å²) in [6, 6.07) is 15.9. The van der Waals surface area contributed by atoms with Gasteiger partial charge in [-0.1, -0.05) is 25.1 Å². The normalized spacial score (nSPS) is 18.4. The number of hydrogen-bond donors (Lipinski definition) is 3. The lowest BCUT2D eigenvalue weighted by molar-refractivity contribution is 0.0989. The van der Waals surface area contributed by atoms with Gasteiger partial charge in [0.25, 0.3) is 5.91 Å². The standard InChI is InChI=1S/C34H36N6O3/c1-2-39-18-24(19-39)37-17-23(16-35)30-15-28-26(10-11-36-33(28)38-30)25-4-3-5-31(29(25)20-41)40-12-13-43-32-14-22(21-6-7-21)8-9-27(32)34(40)42/h3-5,8-11,14-17,21,23-24,35,41H,2,6-7,12-13,18-20H2,1H3,(H,36,38). The molecule has 2 aromatic heterocycles. The molecule has 3 N–H and O–H groups in total. The number of rotatable bonds is 9. The molecule has 43 heavy (non-hydrogen) atoms. The Balaban J connectivity index is 1.22. The third-order valence-electron chi connectivity index (χ3n) is 8.93. The summed E-state index contributed by atoms with van der Waals surface area (Å²) >= 11 is 0. The lowest BCUT2D eigenvalue weighted by Gasteiger charge is -2.35. The number of likely N-dealkylation sites (N-methyl/N-ethyl adjacent to an activating group) is 1. The van der Waals surface area contributed by atoms with Gasteiger partial charge in [0, 0.05) is 48.4 Å². The number of nitrogens with one attached hydrogen (secondary N) is 2. The number of nitrogens with zero attached hydrogens (tertiary/aromatic N) is 4. The van der Waals surface area contributed by atoms with Crippen LogP contribution in [0.2, 0.25) is 0 Å². The second-order valence-electron chi connectivity index (χ2n) is 11.6. The zero-order valence-electron chi connectivity index (χ0n) is 24.3. The van der Waals surface area contributed by atoms with Crippen LogP contribution in [-0.2, 0) is 6.61 Å². The third kappa shape index (κ3) is 5.13. The zero-order valence-corrected chi connectivity index (χ0v) is 24.3. The lowest BCUT2D eigenvalue weighted by atomic mass is 9.96. The molecule has 1 amide bonds. The van der Waals surface area contributed by atoms with E-state index in [4.69, 9.17) is 15.1 Å². The largest absolute Gasteiger partial charge is 0.491 e. The van der Waals surface area contributed by atoms with Crippen LogP contribution in [0.25, 0.3) is 22.2 Å². The Hall–Kier alpha value is -4.34.